The molecule has 2 aromatic carbocycles. The van der Waals surface area contributed by atoms with Crippen molar-refractivity contribution < 1.29 is 18.7 Å². The summed E-state index contributed by atoms with van der Waals surface area (Å²) >= 11 is 0. The van der Waals surface area contributed by atoms with Crippen LogP contribution in [0.4, 0.5) is 0 Å². The molecule has 0 saturated carbocycles. The Hall–Kier alpha value is -3.05. The minimum absolute atomic E-state index is 0.124. The maximum Gasteiger partial charge on any atom is 0.244 e. The minimum atomic E-state index is -0.124. The van der Waals surface area contributed by atoms with E-state index in [9.17, 15) is 4.79 Å². The lowest BCUT2D eigenvalue weighted by molar-refractivity contribution is -0.116. The van der Waals surface area contributed by atoms with Crippen molar-refractivity contribution in [1.82, 2.24) is 5.32 Å². The zero-order valence-electron chi connectivity index (χ0n) is 19.7. The molecule has 0 aliphatic rings. The molecular formula is C27H33NO4. The van der Waals surface area contributed by atoms with E-state index in [0.29, 0.717) is 25.5 Å². The fraction of sp³-hybridized carbons (Fsp3) is 0.370. The first-order valence-corrected chi connectivity index (χ1v) is 11.2. The van der Waals surface area contributed by atoms with Crippen LogP contribution in [0.1, 0.15) is 45.2 Å². The van der Waals surface area contributed by atoms with E-state index in [1.807, 2.05) is 33.8 Å². The van der Waals surface area contributed by atoms with Gasteiger partial charge in [0, 0.05) is 41.8 Å². The molecule has 0 saturated heterocycles. The lowest BCUT2D eigenvalue weighted by Gasteiger charge is -2.12. The van der Waals surface area contributed by atoms with Crippen molar-refractivity contribution in [1.29, 1.82) is 0 Å². The molecule has 0 bridgehead atoms. The second kappa shape index (κ2) is 11.0. The maximum atomic E-state index is 12.4. The number of amides is 1. The van der Waals surface area contributed by atoms with E-state index in [2.05, 4.69) is 42.6 Å². The molecule has 0 aliphatic heterocycles. The van der Waals surface area contributed by atoms with Gasteiger partial charge in [0.15, 0.2) is 0 Å². The van der Waals surface area contributed by atoms with Crippen LogP contribution in [0.2, 0.25) is 0 Å². The van der Waals surface area contributed by atoms with Gasteiger partial charge < -0.3 is 19.2 Å². The Kier molecular flexibility index (Phi) is 8.12. The third kappa shape index (κ3) is 6.01. The molecule has 1 amide bonds. The van der Waals surface area contributed by atoms with E-state index in [0.717, 1.165) is 39.7 Å². The highest BCUT2D eigenvalue weighted by molar-refractivity contribution is 6.00. The number of fused-ring (bicyclic) bond motifs is 1. The van der Waals surface area contributed by atoms with Crippen LogP contribution in [-0.2, 0) is 9.53 Å². The molecule has 1 aromatic heterocycles. The number of carbonyl (C=O) groups is 1. The number of ether oxygens (including phenoxy) is 2. The second-order valence-corrected chi connectivity index (χ2v) is 8.18. The first-order valence-electron chi connectivity index (χ1n) is 11.2. The third-order valence-corrected chi connectivity index (χ3v) is 5.18. The van der Waals surface area contributed by atoms with E-state index in [4.69, 9.17) is 13.9 Å². The Morgan fingerprint density at radius 2 is 1.94 bits per heavy atom. The molecule has 0 spiro atoms. The highest BCUT2D eigenvalue weighted by atomic mass is 16.5. The highest BCUT2D eigenvalue weighted by Gasteiger charge is 2.15. The van der Waals surface area contributed by atoms with Crippen molar-refractivity contribution >= 4 is 22.4 Å². The van der Waals surface area contributed by atoms with Gasteiger partial charge in [-0.05, 0) is 58.2 Å². The van der Waals surface area contributed by atoms with E-state index >= 15 is 0 Å². The zero-order valence-corrected chi connectivity index (χ0v) is 19.7. The van der Waals surface area contributed by atoms with E-state index in [1.54, 1.807) is 12.3 Å². The van der Waals surface area contributed by atoms with Crippen LogP contribution in [0.5, 0.6) is 5.75 Å². The van der Waals surface area contributed by atoms with Crippen LogP contribution in [0, 0.1) is 6.92 Å². The van der Waals surface area contributed by atoms with Crippen molar-refractivity contribution in [2.24, 2.45) is 0 Å². The first-order chi connectivity index (χ1) is 15.4. The van der Waals surface area contributed by atoms with Crippen LogP contribution >= 0.6 is 0 Å². The highest BCUT2D eigenvalue weighted by Crippen LogP contribution is 2.37. The van der Waals surface area contributed by atoms with Crippen LogP contribution in [0.15, 0.2) is 53.2 Å². The summed E-state index contributed by atoms with van der Waals surface area (Å²) < 4.78 is 17.2. The van der Waals surface area contributed by atoms with Crippen molar-refractivity contribution in [3.05, 3.63) is 59.9 Å². The van der Waals surface area contributed by atoms with Gasteiger partial charge in [0.25, 0.3) is 0 Å². The van der Waals surface area contributed by atoms with Crippen LogP contribution < -0.4 is 10.1 Å². The van der Waals surface area contributed by atoms with E-state index in [-0.39, 0.29) is 12.0 Å². The lowest BCUT2D eigenvalue weighted by atomic mass is 9.99. The number of furan rings is 1. The molecule has 0 fully saturated rings. The second-order valence-electron chi connectivity index (χ2n) is 8.18. The van der Waals surface area contributed by atoms with Gasteiger partial charge in [-0.15, -0.1) is 0 Å². The predicted octanol–water partition coefficient (Wildman–Crippen LogP) is 6.14. The Morgan fingerprint density at radius 3 is 2.62 bits per heavy atom. The molecule has 3 aromatic rings. The average Bonchev–Trinajstić information content (AvgIpc) is 3.16. The molecule has 0 radical (unpaired) electrons. The first kappa shape index (κ1) is 23.6. The Morgan fingerprint density at radius 1 is 1.19 bits per heavy atom. The monoisotopic (exact) mass is 435 g/mol. The van der Waals surface area contributed by atoms with Gasteiger partial charge in [-0.25, -0.2) is 0 Å². The molecule has 170 valence electrons. The third-order valence-electron chi connectivity index (χ3n) is 5.18. The maximum absolute atomic E-state index is 12.4. The summed E-state index contributed by atoms with van der Waals surface area (Å²) in [4.78, 5) is 12.4. The number of carbonyl (C=O) groups excluding carboxylic acids is 1. The van der Waals surface area contributed by atoms with Gasteiger partial charge in [-0.1, -0.05) is 29.8 Å². The average molecular weight is 436 g/mol. The minimum Gasteiger partial charge on any atom is -0.493 e. The fourth-order valence-electron chi connectivity index (χ4n) is 3.52. The number of aryl methyl sites for hydroxylation is 1. The standard InChI is InChI=1S/C27H33NO4/c1-6-30-25-16-26-23(24(17-32-26)21-10-8-19(4)9-11-21)15-22(25)20(5)14-27(29)28-12-7-13-31-18(2)3/h8-11,14-18H,6-7,12-13H2,1-5H3,(H,28,29)/b20-14+. The SMILES string of the molecule is CCOc1cc2occ(-c3ccc(C)cc3)c2cc1/C(C)=C/C(=O)NCCCOC(C)C. The molecule has 32 heavy (non-hydrogen) atoms. The van der Waals surface area contributed by atoms with Crippen molar-refractivity contribution in [2.75, 3.05) is 19.8 Å². The van der Waals surface area contributed by atoms with E-state index in [1.165, 1.54) is 5.56 Å². The molecular weight excluding hydrogens is 402 g/mol. The normalized spacial score (nSPS) is 11.9. The summed E-state index contributed by atoms with van der Waals surface area (Å²) in [5, 5.41) is 3.92. The number of hydrogen-bond acceptors (Lipinski definition) is 4. The van der Waals surface area contributed by atoms with Gasteiger partial charge in [0.2, 0.25) is 5.91 Å². The van der Waals surface area contributed by atoms with Crippen LogP contribution in [-0.4, -0.2) is 31.8 Å². The van der Waals surface area contributed by atoms with Gasteiger partial charge in [0.1, 0.15) is 11.3 Å². The summed E-state index contributed by atoms with van der Waals surface area (Å²) in [5.41, 5.74) is 5.80. The van der Waals surface area contributed by atoms with E-state index < -0.39 is 0 Å². The number of benzene rings is 2. The molecule has 3 rings (SSSR count). The van der Waals surface area contributed by atoms with Crippen molar-refractivity contribution in [3.8, 4) is 16.9 Å². The van der Waals surface area contributed by atoms with Gasteiger partial charge in [0.05, 0.1) is 19.0 Å². The fourth-order valence-corrected chi connectivity index (χ4v) is 3.52. The Balaban J connectivity index is 1.85. The molecule has 5 nitrogen and oxygen atoms in total. The number of allylic oxidation sites excluding steroid dienone is 1. The van der Waals surface area contributed by atoms with Gasteiger partial charge in [-0.2, -0.15) is 0 Å². The molecule has 5 heteroatoms. The Labute approximate surface area is 190 Å². The van der Waals surface area contributed by atoms with Crippen LogP contribution in [0.3, 0.4) is 0 Å². The summed E-state index contributed by atoms with van der Waals surface area (Å²) in [6.45, 7) is 11.7. The summed E-state index contributed by atoms with van der Waals surface area (Å²) in [7, 11) is 0. The topological polar surface area (TPSA) is 60.7 Å². The molecule has 0 aliphatic carbocycles. The van der Waals surface area contributed by atoms with Crippen molar-refractivity contribution in [2.45, 2.75) is 47.1 Å². The summed E-state index contributed by atoms with van der Waals surface area (Å²) in [5.74, 6) is 0.581. The molecule has 0 atom stereocenters. The number of nitrogens with one attached hydrogen (secondary N) is 1. The van der Waals surface area contributed by atoms with Gasteiger partial charge >= 0.3 is 0 Å². The summed E-state index contributed by atoms with van der Waals surface area (Å²) in [6, 6.07) is 12.3. The quantitative estimate of drug-likeness (QED) is 0.307. The summed E-state index contributed by atoms with van der Waals surface area (Å²) in [6.07, 6.45) is 4.38. The molecule has 1 heterocycles. The molecule has 0 unspecified atom stereocenters. The van der Waals surface area contributed by atoms with Gasteiger partial charge in [-0.3, -0.25) is 4.79 Å². The smallest absolute Gasteiger partial charge is 0.244 e. The largest absolute Gasteiger partial charge is 0.493 e. The van der Waals surface area contributed by atoms with Crippen LogP contribution in [0.25, 0.3) is 27.7 Å². The predicted molar refractivity (Wildman–Crippen MR) is 130 cm³/mol. The zero-order chi connectivity index (χ0) is 23.1. The number of rotatable bonds is 10. The Bertz CT molecular complexity index is 1080. The lowest BCUT2D eigenvalue weighted by Crippen LogP contribution is -2.23. The number of hydrogen-bond donors (Lipinski definition) is 1. The van der Waals surface area contributed by atoms with Crippen molar-refractivity contribution in [3.63, 3.8) is 0 Å². The molecule has 1 N–H and O–H groups in total.